The molecule has 1 heterocycles. The maximum absolute atomic E-state index is 5.98. The summed E-state index contributed by atoms with van der Waals surface area (Å²) in [5, 5.41) is 2.43. The molecule has 0 aliphatic carbocycles. The zero-order chi connectivity index (χ0) is 10.7. The molecule has 0 spiro atoms. The first kappa shape index (κ1) is 10.3. The van der Waals surface area contributed by atoms with Gasteiger partial charge in [-0.05, 0) is 12.1 Å². The molecular weight excluding hydrogens is 210 g/mol. The smallest absolute Gasteiger partial charge is 0.178 e. The summed E-state index contributed by atoms with van der Waals surface area (Å²) in [5.74, 6) is 7.74. The summed E-state index contributed by atoms with van der Waals surface area (Å²) in [5.41, 5.74) is 0.841. The van der Waals surface area contributed by atoms with Crippen molar-refractivity contribution < 1.29 is 4.74 Å². The second-order valence-corrected chi connectivity index (χ2v) is 4.12. The molecule has 0 unspecified atom stereocenters. The maximum Gasteiger partial charge on any atom is 0.178 e. The van der Waals surface area contributed by atoms with Crippen LogP contribution < -0.4 is 15.6 Å². The van der Waals surface area contributed by atoms with E-state index in [9.17, 15) is 0 Å². The number of para-hydroxylation sites is 2. The summed E-state index contributed by atoms with van der Waals surface area (Å²) in [6.45, 7) is 0.836. The lowest BCUT2D eigenvalue weighted by atomic mass is 10.3. The molecule has 15 heavy (non-hydrogen) atoms. The van der Waals surface area contributed by atoms with E-state index >= 15 is 0 Å². The molecule has 0 saturated heterocycles. The Kier molecular flexibility index (Phi) is 3.13. The summed E-state index contributed by atoms with van der Waals surface area (Å²) in [6, 6.07) is 7.65. The third kappa shape index (κ3) is 2.08. The van der Waals surface area contributed by atoms with Crippen LogP contribution in [0.4, 0.5) is 5.69 Å². The molecule has 0 atom stereocenters. The van der Waals surface area contributed by atoms with Crippen LogP contribution in [0.5, 0.6) is 5.75 Å². The predicted octanol–water partition coefficient (Wildman–Crippen LogP) is 1.48. The van der Waals surface area contributed by atoms with Crippen molar-refractivity contribution in [2.45, 2.75) is 0 Å². The summed E-state index contributed by atoms with van der Waals surface area (Å²) in [7, 11) is 1.64. The van der Waals surface area contributed by atoms with Crippen molar-refractivity contribution in [1.29, 1.82) is 0 Å². The van der Waals surface area contributed by atoms with Crippen LogP contribution in [0.25, 0.3) is 0 Å². The lowest BCUT2D eigenvalue weighted by Gasteiger charge is -2.19. The first-order chi connectivity index (χ1) is 7.33. The van der Waals surface area contributed by atoms with Gasteiger partial charge in [0.2, 0.25) is 0 Å². The summed E-state index contributed by atoms with van der Waals surface area (Å²) in [4.78, 5) is 4.31. The lowest BCUT2D eigenvalue weighted by molar-refractivity contribution is 0.415. The molecule has 0 fully saturated rings. The highest BCUT2D eigenvalue weighted by atomic mass is 32.2. The summed E-state index contributed by atoms with van der Waals surface area (Å²) in [6.07, 6.45) is 0. The zero-order valence-corrected chi connectivity index (χ0v) is 9.33. The van der Waals surface area contributed by atoms with Gasteiger partial charge in [-0.1, -0.05) is 23.9 Å². The number of nitrogens with zero attached hydrogens (tertiary/aromatic N) is 2. The fourth-order valence-electron chi connectivity index (χ4n) is 1.40. The van der Waals surface area contributed by atoms with Gasteiger partial charge in [0.1, 0.15) is 11.4 Å². The minimum absolute atomic E-state index is 0.759. The third-order valence-electron chi connectivity index (χ3n) is 2.12. The number of aliphatic imine (C=N–C) groups is 1. The van der Waals surface area contributed by atoms with Crippen molar-refractivity contribution in [3.63, 3.8) is 0 Å². The molecule has 80 valence electrons. The second kappa shape index (κ2) is 4.55. The molecule has 2 rings (SSSR count). The highest BCUT2D eigenvalue weighted by molar-refractivity contribution is 8.14. The Labute approximate surface area is 93.1 Å². The SMILES string of the molecule is COc1ccccc1N(N)C1=NCCS1. The highest BCUT2D eigenvalue weighted by Crippen LogP contribution is 2.28. The Morgan fingerprint density at radius 3 is 2.93 bits per heavy atom. The highest BCUT2D eigenvalue weighted by Gasteiger charge is 2.17. The number of hydrogen-bond donors (Lipinski definition) is 1. The average Bonchev–Trinajstić information content (AvgIpc) is 2.81. The van der Waals surface area contributed by atoms with Gasteiger partial charge >= 0.3 is 0 Å². The Bertz CT molecular complexity index is 381. The molecule has 5 heteroatoms. The number of hydrazine groups is 1. The number of nitrogens with two attached hydrogens (primary N) is 1. The number of benzene rings is 1. The van der Waals surface area contributed by atoms with Gasteiger partial charge in [0.25, 0.3) is 0 Å². The normalized spacial score (nSPS) is 14.9. The minimum atomic E-state index is 0.759. The number of methoxy groups -OCH3 is 1. The molecule has 0 aromatic heterocycles. The topological polar surface area (TPSA) is 50.9 Å². The van der Waals surface area contributed by atoms with Crippen molar-refractivity contribution in [1.82, 2.24) is 0 Å². The van der Waals surface area contributed by atoms with Crippen molar-refractivity contribution in [3.8, 4) is 5.75 Å². The average molecular weight is 223 g/mol. The standard InChI is InChI=1S/C10H13N3OS/c1-14-9-5-3-2-4-8(9)13(11)10-12-6-7-15-10/h2-5H,6-7,11H2,1H3. The van der Waals surface area contributed by atoms with Gasteiger partial charge in [0, 0.05) is 5.75 Å². The number of rotatable bonds is 2. The maximum atomic E-state index is 5.98. The molecule has 1 aromatic rings. The number of anilines is 1. The fraction of sp³-hybridized carbons (Fsp3) is 0.300. The molecule has 0 amide bonds. The van der Waals surface area contributed by atoms with E-state index in [0.29, 0.717) is 0 Å². The van der Waals surface area contributed by atoms with Gasteiger partial charge in [-0.25, -0.2) is 5.84 Å². The van der Waals surface area contributed by atoms with Crippen molar-refractivity contribution in [3.05, 3.63) is 24.3 Å². The van der Waals surface area contributed by atoms with Crippen LogP contribution in [0.15, 0.2) is 29.3 Å². The lowest BCUT2D eigenvalue weighted by Crippen LogP contribution is -2.35. The van der Waals surface area contributed by atoms with Gasteiger partial charge in [0.15, 0.2) is 5.17 Å². The van der Waals surface area contributed by atoms with Gasteiger partial charge in [-0.2, -0.15) is 0 Å². The van der Waals surface area contributed by atoms with Gasteiger partial charge in [-0.3, -0.25) is 10.0 Å². The molecule has 1 aromatic carbocycles. The summed E-state index contributed by atoms with van der Waals surface area (Å²) >= 11 is 1.66. The molecule has 0 radical (unpaired) electrons. The van der Waals surface area contributed by atoms with E-state index in [2.05, 4.69) is 4.99 Å². The van der Waals surface area contributed by atoms with E-state index in [1.165, 1.54) is 0 Å². The van der Waals surface area contributed by atoms with Gasteiger partial charge < -0.3 is 4.74 Å². The molecule has 1 aliphatic rings. The second-order valence-electron chi connectivity index (χ2n) is 3.05. The van der Waals surface area contributed by atoms with E-state index in [0.717, 1.165) is 28.9 Å². The Hall–Kier alpha value is -1.20. The first-order valence-electron chi connectivity index (χ1n) is 4.68. The van der Waals surface area contributed by atoms with Crippen molar-refractivity contribution >= 4 is 22.6 Å². The predicted molar refractivity (Wildman–Crippen MR) is 64.4 cm³/mol. The number of ether oxygens (including phenoxy) is 1. The van der Waals surface area contributed by atoms with Crippen LogP contribution in [-0.2, 0) is 0 Å². The van der Waals surface area contributed by atoms with Crippen molar-refractivity contribution in [2.24, 2.45) is 10.8 Å². The van der Waals surface area contributed by atoms with Crippen LogP contribution in [0, 0.1) is 0 Å². The monoisotopic (exact) mass is 223 g/mol. The molecule has 1 aliphatic heterocycles. The van der Waals surface area contributed by atoms with Crippen molar-refractivity contribution in [2.75, 3.05) is 24.4 Å². The van der Waals surface area contributed by atoms with Gasteiger partial charge in [0.05, 0.1) is 13.7 Å². The van der Waals surface area contributed by atoms with Crippen LogP contribution in [-0.4, -0.2) is 24.6 Å². The van der Waals surface area contributed by atoms with E-state index in [1.54, 1.807) is 23.9 Å². The fourth-order valence-corrected chi connectivity index (χ4v) is 2.19. The van der Waals surface area contributed by atoms with Gasteiger partial charge in [-0.15, -0.1) is 0 Å². The van der Waals surface area contributed by atoms with Crippen LogP contribution in [0.1, 0.15) is 0 Å². The van der Waals surface area contributed by atoms with E-state index in [4.69, 9.17) is 10.6 Å². The minimum Gasteiger partial charge on any atom is -0.495 e. The third-order valence-corrected chi connectivity index (χ3v) is 3.09. The Balaban J connectivity index is 2.27. The van der Waals surface area contributed by atoms with E-state index in [-0.39, 0.29) is 0 Å². The zero-order valence-electron chi connectivity index (χ0n) is 8.51. The van der Waals surface area contributed by atoms with Crippen LogP contribution in [0.2, 0.25) is 0 Å². The van der Waals surface area contributed by atoms with E-state index in [1.807, 2.05) is 24.3 Å². The Morgan fingerprint density at radius 1 is 1.47 bits per heavy atom. The first-order valence-corrected chi connectivity index (χ1v) is 5.66. The molecule has 0 saturated carbocycles. The molecular formula is C10H13N3OS. The van der Waals surface area contributed by atoms with E-state index < -0.39 is 0 Å². The van der Waals surface area contributed by atoms with Crippen LogP contribution >= 0.6 is 11.8 Å². The molecule has 4 nitrogen and oxygen atoms in total. The number of thioether (sulfide) groups is 1. The number of hydrogen-bond acceptors (Lipinski definition) is 5. The Morgan fingerprint density at radius 2 is 2.27 bits per heavy atom. The number of amidine groups is 1. The largest absolute Gasteiger partial charge is 0.495 e. The molecule has 0 bridgehead atoms. The quantitative estimate of drug-likeness (QED) is 0.609. The molecule has 2 N–H and O–H groups in total. The van der Waals surface area contributed by atoms with Crippen LogP contribution in [0.3, 0.4) is 0 Å². The summed E-state index contributed by atoms with van der Waals surface area (Å²) < 4.78 is 5.24.